The minimum absolute atomic E-state index is 0.0870. The summed E-state index contributed by atoms with van der Waals surface area (Å²) in [7, 11) is 0. The van der Waals surface area contributed by atoms with Crippen molar-refractivity contribution in [3.63, 3.8) is 0 Å². The maximum absolute atomic E-state index is 5.26. The van der Waals surface area contributed by atoms with Gasteiger partial charge in [0.25, 0.3) is 0 Å². The minimum atomic E-state index is -0.0870. The lowest BCUT2D eigenvalue weighted by Crippen LogP contribution is -2.21. The maximum Gasteiger partial charge on any atom is 0.231 e. The van der Waals surface area contributed by atoms with Crippen molar-refractivity contribution in [3.05, 3.63) is 23.8 Å². The van der Waals surface area contributed by atoms with Crippen molar-refractivity contribution >= 4 is 12.2 Å². The first-order valence-corrected chi connectivity index (χ1v) is 4.28. The van der Waals surface area contributed by atoms with Crippen LogP contribution in [0.4, 0.5) is 0 Å². The summed E-state index contributed by atoms with van der Waals surface area (Å²) in [6.45, 7) is 0.225. The number of para-hydroxylation sites is 1. The van der Waals surface area contributed by atoms with Gasteiger partial charge in [0.05, 0.1) is 6.21 Å². The third kappa shape index (κ3) is 1.98. The number of nitrogens with two attached hydrogens (primary N) is 2. The Kier molecular flexibility index (Phi) is 2.40. The molecule has 6 heteroatoms. The average molecular weight is 206 g/mol. The molecule has 0 bridgehead atoms. The molecule has 6 nitrogen and oxygen atoms in total. The van der Waals surface area contributed by atoms with Crippen molar-refractivity contribution in [2.45, 2.75) is 0 Å². The van der Waals surface area contributed by atoms with Gasteiger partial charge < -0.3 is 20.9 Å². The lowest BCUT2D eigenvalue weighted by molar-refractivity contribution is 0.174. The number of hydrogen-bond donors (Lipinski definition) is 2. The van der Waals surface area contributed by atoms with Crippen LogP contribution in [0.2, 0.25) is 0 Å². The van der Waals surface area contributed by atoms with Gasteiger partial charge in [-0.25, -0.2) is 0 Å². The van der Waals surface area contributed by atoms with Gasteiger partial charge in [0.1, 0.15) is 0 Å². The highest BCUT2D eigenvalue weighted by Crippen LogP contribution is 2.34. The van der Waals surface area contributed by atoms with E-state index in [0.29, 0.717) is 11.5 Å². The van der Waals surface area contributed by atoms with Gasteiger partial charge in [-0.1, -0.05) is 6.07 Å². The van der Waals surface area contributed by atoms with Crippen molar-refractivity contribution in [2.75, 3.05) is 6.79 Å². The SMILES string of the molecule is NC(N)=NN=Cc1cccc2c1OCO2. The molecule has 0 radical (unpaired) electrons. The van der Waals surface area contributed by atoms with Crippen LogP contribution in [0.15, 0.2) is 28.4 Å². The van der Waals surface area contributed by atoms with E-state index in [1.54, 1.807) is 0 Å². The van der Waals surface area contributed by atoms with Gasteiger partial charge in [-0.3, -0.25) is 0 Å². The minimum Gasteiger partial charge on any atom is -0.454 e. The molecule has 0 aromatic heterocycles. The van der Waals surface area contributed by atoms with Crippen molar-refractivity contribution in [3.8, 4) is 11.5 Å². The number of nitrogens with zero attached hydrogens (tertiary/aromatic N) is 2. The predicted molar refractivity (Wildman–Crippen MR) is 56.0 cm³/mol. The second-order valence-electron chi connectivity index (χ2n) is 2.85. The first kappa shape index (κ1) is 9.32. The number of fused-ring (bicyclic) bond motifs is 1. The summed E-state index contributed by atoms with van der Waals surface area (Å²) in [6.07, 6.45) is 1.51. The summed E-state index contributed by atoms with van der Waals surface area (Å²) in [5.74, 6) is 1.27. The fourth-order valence-electron chi connectivity index (χ4n) is 1.21. The lowest BCUT2D eigenvalue weighted by Gasteiger charge is -1.98. The number of rotatable bonds is 2. The molecule has 0 spiro atoms. The quantitative estimate of drug-likeness (QED) is 0.405. The second-order valence-corrected chi connectivity index (χ2v) is 2.85. The Labute approximate surface area is 86.2 Å². The Balaban J connectivity index is 2.26. The molecule has 4 N–H and O–H groups in total. The van der Waals surface area contributed by atoms with Crippen LogP contribution >= 0.6 is 0 Å². The van der Waals surface area contributed by atoms with Crippen LogP contribution in [0.3, 0.4) is 0 Å². The van der Waals surface area contributed by atoms with Gasteiger partial charge in [-0.05, 0) is 12.1 Å². The largest absolute Gasteiger partial charge is 0.454 e. The van der Waals surface area contributed by atoms with E-state index in [-0.39, 0.29) is 12.8 Å². The molecule has 0 amide bonds. The van der Waals surface area contributed by atoms with E-state index in [4.69, 9.17) is 20.9 Å². The van der Waals surface area contributed by atoms with Gasteiger partial charge in [0.15, 0.2) is 11.5 Å². The Morgan fingerprint density at radius 3 is 3.00 bits per heavy atom. The highest BCUT2D eigenvalue weighted by Gasteiger charge is 2.15. The number of guanidine groups is 1. The molecule has 0 saturated carbocycles. The normalized spacial score (nSPS) is 13.1. The highest BCUT2D eigenvalue weighted by atomic mass is 16.7. The predicted octanol–water partition coefficient (Wildman–Crippen LogP) is 0.0226. The highest BCUT2D eigenvalue weighted by molar-refractivity contribution is 5.86. The number of ether oxygens (including phenoxy) is 2. The Morgan fingerprint density at radius 1 is 1.33 bits per heavy atom. The molecule has 1 heterocycles. The van der Waals surface area contributed by atoms with Gasteiger partial charge >= 0.3 is 0 Å². The molecule has 0 unspecified atom stereocenters. The Hall–Kier alpha value is -2.24. The molecule has 1 aliphatic rings. The maximum atomic E-state index is 5.26. The summed E-state index contributed by atoms with van der Waals surface area (Å²) < 4.78 is 10.5. The molecular weight excluding hydrogens is 196 g/mol. The number of hydrogen-bond acceptors (Lipinski definition) is 4. The van der Waals surface area contributed by atoms with E-state index in [9.17, 15) is 0 Å². The fraction of sp³-hybridized carbons (Fsp3) is 0.111. The van der Waals surface area contributed by atoms with E-state index in [0.717, 1.165) is 5.56 Å². The molecule has 2 rings (SSSR count). The van der Waals surface area contributed by atoms with Crippen LogP contribution in [0.1, 0.15) is 5.56 Å². The molecule has 15 heavy (non-hydrogen) atoms. The first-order valence-electron chi connectivity index (χ1n) is 4.28. The van der Waals surface area contributed by atoms with E-state index < -0.39 is 0 Å². The van der Waals surface area contributed by atoms with Crippen molar-refractivity contribution in [1.82, 2.24) is 0 Å². The van der Waals surface area contributed by atoms with Gasteiger partial charge in [0.2, 0.25) is 12.8 Å². The smallest absolute Gasteiger partial charge is 0.231 e. The molecule has 78 valence electrons. The summed E-state index contributed by atoms with van der Waals surface area (Å²) in [6, 6.07) is 5.49. The van der Waals surface area contributed by atoms with Gasteiger partial charge in [-0.15, -0.1) is 5.10 Å². The van der Waals surface area contributed by atoms with Crippen molar-refractivity contribution < 1.29 is 9.47 Å². The topological polar surface area (TPSA) is 95.2 Å². The van der Waals surface area contributed by atoms with Crippen molar-refractivity contribution in [2.24, 2.45) is 21.7 Å². The number of benzene rings is 1. The Bertz CT molecular complexity index is 424. The fourth-order valence-corrected chi connectivity index (χ4v) is 1.21. The lowest BCUT2D eigenvalue weighted by atomic mass is 10.2. The van der Waals surface area contributed by atoms with E-state index in [1.165, 1.54) is 6.21 Å². The van der Waals surface area contributed by atoms with E-state index in [2.05, 4.69) is 10.2 Å². The molecule has 1 aliphatic heterocycles. The monoisotopic (exact) mass is 206 g/mol. The third-order valence-electron chi connectivity index (χ3n) is 1.80. The van der Waals surface area contributed by atoms with Crippen LogP contribution in [0.25, 0.3) is 0 Å². The van der Waals surface area contributed by atoms with Crippen LogP contribution in [0, 0.1) is 0 Å². The molecule has 1 aromatic rings. The van der Waals surface area contributed by atoms with Crippen LogP contribution in [-0.2, 0) is 0 Å². The van der Waals surface area contributed by atoms with Crippen LogP contribution in [-0.4, -0.2) is 19.0 Å². The molecular formula is C9H10N4O2. The zero-order valence-electron chi connectivity index (χ0n) is 7.88. The standard InChI is InChI=1S/C9H10N4O2/c10-9(11)13-12-4-6-2-1-3-7-8(6)15-5-14-7/h1-4H,5H2,(H4,10,11,13). The first-order chi connectivity index (χ1) is 7.27. The molecule has 0 saturated heterocycles. The molecule has 0 aliphatic carbocycles. The van der Waals surface area contributed by atoms with Crippen LogP contribution < -0.4 is 20.9 Å². The summed E-state index contributed by atoms with van der Waals surface area (Å²) in [5, 5.41) is 7.19. The summed E-state index contributed by atoms with van der Waals surface area (Å²) in [5.41, 5.74) is 11.0. The second kappa shape index (κ2) is 3.87. The summed E-state index contributed by atoms with van der Waals surface area (Å²) in [4.78, 5) is 0. The molecule has 0 fully saturated rings. The zero-order valence-corrected chi connectivity index (χ0v) is 7.88. The third-order valence-corrected chi connectivity index (χ3v) is 1.80. The van der Waals surface area contributed by atoms with Crippen LogP contribution in [0.5, 0.6) is 11.5 Å². The summed E-state index contributed by atoms with van der Waals surface area (Å²) >= 11 is 0. The van der Waals surface area contributed by atoms with E-state index in [1.807, 2.05) is 18.2 Å². The molecule has 1 aromatic carbocycles. The average Bonchev–Trinajstić information content (AvgIpc) is 2.65. The van der Waals surface area contributed by atoms with E-state index >= 15 is 0 Å². The zero-order chi connectivity index (χ0) is 10.7. The Morgan fingerprint density at radius 2 is 2.20 bits per heavy atom. The van der Waals surface area contributed by atoms with Gasteiger partial charge in [0, 0.05) is 5.56 Å². The van der Waals surface area contributed by atoms with Gasteiger partial charge in [-0.2, -0.15) is 5.10 Å². The van der Waals surface area contributed by atoms with Crippen molar-refractivity contribution in [1.29, 1.82) is 0 Å². The molecule has 0 atom stereocenters.